The summed E-state index contributed by atoms with van der Waals surface area (Å²) in [7, 11) is 0. The maximum Gasteiger partial charge on any atom is 0.345 e. The van der Waals surface area contributed by atoms with Crippen LogP contribution in [0.15, 0.2) is 48.7 Å². The van der Waals surface area contributed by atoms with Crippen molar-refractivity contribution in [3.05, 3.63) is 58.4 Å². The number of thiophene rings is 1. The van der Waals surface area contributed by atoms with Gasteiger partial charge < -0.3 is 10.4 Å². The molecule has 0 aliphatic carbocycles. The molecule has 6 heteroatoms. The Balaban J connectivity index is 1.83. The molecule has 2 aromatic heterocycles. The maximum atomic E-state index is 12.1. The first-order valence-corrected chi connectivity index (χ1v) is 6.94. The number of anilines is 1. The van der Waals surface area contributed by atoms with Crippen LogP contribution < -0.4 is 5.32 Å². The van der Waals surface area contributed by atoms with Crippen molar-refractivity contribution in [2.75, 3.05) is 5.32 Å². The quantitative estimate of drug-likeness (QED) is 0.778. The van der Waals surface area contributed by atoms with E-state index in [0.29, 0.717) is 10.6 Å². The Labute approximate surface area is 123 Å². The molecule has 0 aliphatic rings. The zero-order valence-corrected chi connectivity index (χ0v) is 11.6. The predicted octanol–water partition coefficient (Wildman–Crippen LogP) is 3.25. The molecule has 0 bridgehead atoms. The average molecular weight is 298 g/mol. The van der Waals surface area contributed by atoms with E-state index < -0.39 is 5.97 Å². The van der Waals surface area contributed by atoms with Gasteiger partial charge in [0.1, 0.15) is 4.88 Å². The highest BCUT2D eigenvalue weighted by atomic mass is 32.1. The van der Waals surface area contributed by atoms with Crippen molar-refractivity contribution < 1.29 is 14.7 Å². The van der Waals surface area contributed by atoms with E-state index in [1.807, 2.05) is 24.3 Å². The molecule has 1 amide bonds. The number of hydrogen-bond donors (Lipinski definition) is 2. The highest BCUT2D eigenvalue weighted by Crippen LogP contribution is 2.20. The smallest absolute Gasteiger partial charge is 0.345 e. The number of carboxylic acid groups (broad SMARTS) is 1. The van der Waals surface area contributed by atoms with Gasteiger partial charge in [-0.25, -0.2) is 4.79 Å². The molecule has 0 fully saturated rings. The first kappa shape index (κ1) is 13.3. The molecule has 2 heterocycles. The van der Waals surface area contributed by atoms with E-state index in [1.165, 1.54) is 12.1 Å². The SMILES string of the molecule is O=C(O)c1ccc(C(=O)Nc2ccc3ncccc3c2)s1. The van der Waals surface area contributed by atoms with Crippen molar-refractivity contribution in [2.24, 2.45) is 0 Å². The average Bonchev–Trinajstić information content (AvgIpc) is 2.97. The zero-order chi connectivity index (χ0) is 14.8. The summed E-state index contributed by atoms with van der Waals surface area (Å²) in [6.45, 7) is 0. The van der Waals surface area contributed by atoms with Gasteiger partial charge >= 0.3 is 5.97 Å². The van der Waals surface area contributed by atoms with Gasteiger partial charge in [0.25, 0.3) is 5.91 Å². The molecule has 0 unspecified atom stereocenters. The van der Waals surface area contributed by atoms with Crippen LogP contribution in [0.1, 0.15) is 19.3 Å². The molecule has 0 atom stereocenters. The number of rotatable bonds is 3. The van der Waals surface area contributed by atoms with Gasteiger partial charge in [0.05, 0.1) is 10.4 Å². The van der Waals surface area contributed by atoms with Crippen molar-refractivity contribution in [2.45, 2.75) is 0 Å². The molecule has 0 saturated carbocycles. The van der Waals surface area contributed by atoms with Gasteiger partial charge in [-0.1, -0.05) is 6.07 Å². The number of aromatic carboxylic acids is 1. The van der Waals surface area contributed by atoms with Crippen LogP contribution in [0.2, 0.25) is 0 Å². The second-order valence-electron chi connectivity index (χ2n) is 4.33. The summed E-state index contributed by atoms with van der Waals surface area (Å²) in [4.78, 5) is 27.6. The Hall–Kier alpha value is -2.73. The van der Waals surface area contributed by atoms with Gasteiger partial charge in [0, 0.05) is 17.3 Å². The second-order valence-corrected chi connectivity index (χ2v) is 5.42. The van der Waals surface area contributed by atoms with Crippen molar-refractivity contribution in [1.29, 1.82) is 0 Å². The van der Waals surface area contributed by atoms with Crippen LogP contribution in [0.3, 0.4) is 0 Å². The number of hydrogen-bond acceptors (Lipinski definition) is 4. The van der Waals surface area contributed by atoms with Crippen LogP contribution in [0.25, 0.3) is 10.9 Å². The van der Waals surface area contributed by atoms with Gasteiger partial charge in [-0.3, -0.25) is 9.78 Å². The molecule has 2 N–H and O–H groups in total. The fourth-order valence-corrected chi connectivity index (χ4v) is 2.66. The summed E-state index contributed by atoms with van der Waals surface area (Å²) in [5.41, 5.74) is 1.49. The molecule has 3 aromatic rings. The van der Waals surface area contributed by atoms with Gasteiger partial charge in [-0.05, 0) is 36.4 Å². The number of nitrogens with zero attached hydrogens (tertiary/aromatic N) is 1. The summed E-state index contributed by atoms with van der Waals surface area (Å²) in [5.74, 6) is -1.36. The maximum absolute atomic E-state index is 12.1. The van der Waals surface area contributed by atoms with Gasteiger partial charge in [-0.2, -0.15) is 0 Å². The molecule has 0 spiro atoms. The van der Waals surface area contributed by atoms with E-state index in [0.717, 1.165) is 22.2 Å². The lowest BCUT2D eigenvalue weighted by atomic mass is 10.2. The molecular weight excluding hydrogens is 288 g/mol. The fourth-order valence-electron chi connectivity index (χ4n) is 1.92. The Morgan fingerprint density at radius 3 is 2.67 bits per heavy atom. The van der Waals surface area contributed by atoms with E-state index >= 15 is 0 Å². The lowest BCUT2D eigenvalue weighted by Gasteiger charge is -2.04. The molecule has 21 heavy (non-hydrogen) atoms. The van der Waals surface area contributed by atoms with Crippen molar-refractivity contribution in [3.63, 3.8) is 0 Å². The number of pyridine rings is 1. The summed E-state index contributed by atoms with van der Waals surface area (Å²) in [5, 5.41) is 12.5. The van der Waals surface area contributed by atoms with E-state index in [2.05, 4.69) is 10.3 Å². The van der Waals surface area contributed by atoms with Crippen molar-refractivity contribution >= 4 is 39.8 Å². The molecule has 1 aromatic carbocycles. The highest BCUT2D eigenvalue weighted by molar-refractivity contribution is 7.15. The standard InChI is InChI=1S/C15H10N2O3S/c18-14(12-5-6-13(21-12)15(19)20)17-10-3-4-11-9(8-10)2-1-7-16-11/h1-8H,(H,17,18)(H,19,20). The van der Waals surface area contributed by atoms with E-state index in [1.54, 1.807) is 12.3 Å². The first-order chi connectivity index (χ1) is 10.1. The minimum absolute atomic E-state index is 0.142. The van der Waals surface area contributed by atoms with Crippen LogP contribution in [0.5, 0.6) is 0 Å². The zero-order valence-electron chi connectivity index (χ0n) is 10.7. The molecule has 104 valence electrons. The van der Waals surface area contributed by atoms with Gasteiger partial charge in [0.2, 0.25) is 0 Å². The van der Waals surface area contributed by atoms with E-state index in [-0.39, 0.29) is 10.8 Å². The Morgan fingerprint density at radius 2 is 1.90 bits per heavy atom. The van der Waals surface area contributed by atoms with Crippen LogP contribution in [-0.2, 0) is 0 Å². The van der Waals surface area contributed by atoms with Crippen LogP contribution >= 0.6 is 11.3 Å². The Morgan fingerprint density at radius 1 is 1.10 bits per heavy atom. The molecule has 5 nitrogen and oxygen atoms in total. The molecule has 0 saturated heterocycles. The summed E-state index contributed by atoms with van der Waals surface area (Å²) in [6.07, 6.45) is 1.71. The Bertz CT molecular complexity index is 842. The highest BCUT2D eigenvalue weighted by Gasteiger charge is 2.13. The lowest BCUT2D eigenvalue weighted by Crippen LogP contribution is -2.09. The number of fused-ring (bicyclic) bond motifs is 1. The minimum atomic E-state index is -1.03. The fraction of sp³-hybridized carbons (Fsp3) is 0. The Kier molecular flexibility index (Phi) is 3.37. The number of nitrogens with one attached hydrogen (secondary N) is 1. The molecule has 3 rings (SSSR count). The number of aromatic nitrogens is 1. The number of carboxylic acids is 1. The number of benzene rings is 1. The molecular formula is C15H10N2O3S. The third-order valence-electron chi connectivity index (χ3n) is 2.90. The molecule has 0 aliphatic heterocycles. The van der Waals surface area contributed by atoms with Crippen LogP contribution in [-0.4, -0.2) is 22.0 Å². The number of carbonyl (C=O) groups excluding carboxylic acids is 1. The first-order valence-electron chi connectivity index (χ1n) is 6.13. The van der Waals surface area contributed by atoms with E-state index in [9.17, 15) is 9.59 Å². The van der Waals surface area contributed by atoms with Gasteiger partial charge in [0.15, 0.2) is 0 Å². The summed E-state index contributed by atoms with van der Waals surface area (Å²) >= 11 is 0.948. The largest absolute Gasteiger partial charge is 0.477 e. The van der Waals surface area contributed by atoms with Crippen LogP contribution in [0.4, 0.5) is 5.69 Å². The topological polar surface area (TPSA) is 79.3 Å². The number of amides is 1. The number of carbonyl (C=O) groups is 2. The molecule has 0 radical (unpaired) electrons. The van der Waals surface area contributed by atoms with Crippen molar-refractivity contribution in [1.82, 2.24) is 4.98 Å². The minimum Gasteiger partial charge on any atom is -0.477 e. The van der Waals surface area contributed by atoms with Gasteiger partial charge in [-0.15, -0.1) is 11.3 Å². The third kappa shape index (κ3) is 2.75. The van der Waals surface area contributed by atoms with Crippen LogP contribution in [0, 0.1) is 0 Å². The monoisotopic (exact) mass is 298 g/mol. The summed E-state index contributed by atoms with van der Waals surface area (Å²) < 4.78 is 0. The second kappa shape index (κ2) is 5.34. The lowest BCUT2D eigenvalue weighted by molar-refractivity contribution is 0.0702. The predicted molar refractivity (Wildman–Crippen MR) is 81.0 cm³/mol. The van der Waals surface area contributed by atoms with Crippen molar-refractivity contribution in [3.8, 4) is 0 Å². The normalized spacial score (nSPS) is 10.5. The third-order valence-corrected chi connectivity index (χ3v) is 3.97. The summed E-state index contributed by atoms with van der Waals surface area (Å²) in [6, 6.07) is 12.1. The van der Waals surface area contributed by atoms with E-state index in [4.69, 9.17) is 5.11 Å².